The van der Waals surface area contributed by atoms with E-state index in [0.29, 0.717) is 26.1 Å². The lowest BCUT2D eigenvalue weighted by molar-refractivity contribution is -0.132. The maximum Gasteiger partial charge on any atom is 0.308 e. The van der Waals surface area contributed by atoms with Crippen molar-refractivity contribution in [2.24, 2.45) is 5.92 Å². The molecule has 2 aromatic carbocycles. The predicted octanol–water partition coefficient (Wildman–Crippen LogP) is 2.53. The van der Waals surface area contributed by atoms with Crippen LogP contribution in [0.15, 0.2) is 48.5 Å². The number of ether oxygens (including phenoxy) is 1. The topological polar surface area (TPSA) is 75.7 Å². The molecule has 1 heterocycles. The molecule has 3 rings (SSSR count). The van der Waals surface area contributed by atoms with Gasteiger partial charge in [0.25, 0.3) is 5.91 Å². The van der Waals surface area contributed by atoms with Crippen LogP contribution in [0.2, 0.25) is 0 Å². The number of carbonyl (C=O) groups excluding carboxylic acids is 3. The molecule has 2 amide bonds. The van der Waals surface area contributed by atoms with Crippen LogP contribution in [-0.2, 0) is 16.1 Å². The predicted molar refractivity (Wildman–Crippen MR) is 100 cm³/mol. The maximum atomic E-state index is 13.0. The fourth-order valence-electron chi connectivity index (χ4n) is 3.18. The summed E-state index contributed by atoms with van der Waals surface area (Å²) in [6, 6.07) is 12.5. The van der Waals surface area contributed by atoms with E-state index in [0.717, 1.165) is 5.56 Å². The Morgan fingerprint density at radius 1 is 1.18 bits per heavy atom. The molecule has 2 aromatic rings. The van der Waals surface area contributed by atoms with Crippen LogP contribution in [0, 0.1) is 11.7 Å². The van der Waals surface area contributed by atoms with Crippen LogP contribution in [0.4, 0.5) is 4.39 Å². The van der Waals surface area contributed by atoms with E-state index in [1.807, 2.05) is 0 Å². The number of benzene rings is 2. The lowest BCUT2D eigenvalue weighted by Gasteiger charge is -2.17. The monoisotopic (exact) mass is 384 g/mol. The molecule has 1 unspecified atom stereocenters. The van der Waals surface area contributed by atoms with Crippen molar-refractivity contribution >= 4 is 17.8 Å². The minimum atomic E-state index is -0.502. The Balaban J connectivity index is 1.55. The highest BCUT2D eigenvalue weighted by Gasteiger charge is 2.30. The summed E-state index contributed by atoms with van der Waals surface area (Å²) in [4.78, 5) is 37.6. The van der Waals surface area contributed by atoms with Crippen molar-refractivity contribution in [2.45, 2.75) is 19.9 Å². The number of carbonyl (C=O) groups is 3. The molecule has 0 bridgehead atoms. The van der Waals surface area contributed by atoms with Gasteiger partial charge in [-0.25, -0.2) is 4.39 Å². The zero-order chi connectivity index (χ0) is 20.1. The highest BCUT2D eigenvalue weighted by Crippen LogP contribution is 2.21. The summed E-state index contributed by atoms with van der Waals surface area (Å²) in [5.74, 6) is -0.986. The second-order valence-corrected chi connectivity index (χ2v) is 6.77. The number of esters is 1. The Bertz CT molecular complexity index is 882. The van der Waals surface area contributed by atoms with Crippen LogP contribution in [0.25, 0.3) is 0 Å². The number of rotatable bonds is 6. The van der Waals surface area contributed by atoms with Gasteiger partial charge in [-0.2, -0.15) is 0 Å². The molecule has 0 radical (unpaired) electrons. The van der Waals surface area contributed by atoms with Crippen LogP contribution in [0.1, 0.15) is 29.3 Å². The average molecular weight is 384 g/mol. The number of hydrogen-bond acceptors (Lipinski definition) is 4. The summed E-state index contributed by atoms with van der Waals surface area (Å²) in [6.07, 6.45) is 0.340. The van der Waals surface area contributed by atoms with Gasteiger partial charge in [0.15, 0.2) is 0 Å². The van der Waals surface area contributed by atoms with Crippen LogP contribution in [-0.4, -0.2) is 35.8 Å². The highest BCUT2D eigenvalue weighted by molar-refractivity contribution is 5.97. The molecule has 0 aromatic heterocycles. The van der Waals surface area contributed by atoms with Crippen molar-refractivity contribution in [3.8, 4) is 5.75 Å². The number of hydrogen-bond donors (Lipinski definition) is 1. The van der Waals surface area contributed by atoms with Crippen molar-refractivity contribution in [1.82, 2.24) is 10.2 Å². The first kappa shape index (κ1) is 19.5. The van der Waals surface area contributed by atoms with E-state index in [4.69, 9.17) is 4.74 Å². The number of halogens is 1. The number of nitrogens with zero attached hydrogens (tertiary/aromatic N) is 1. The van der Waals surface area contributed by atoms with Crippen molar-refractivity contribution < 1.29 is 23.5 Å². The minimum Gasteiger partial charge on any atom is -0.426 e. The second kappa shape index (κ2) is 8.65. The molecule has 1 aliphatic rings. The summed E-state index contributed by atoms with van der Waals surface area (Å²) < 4.78 is 18.1. The van der Waals surface area contributed by atoms with Crippen molar-refractivity contribution in [1.29, 1.82) is 0 Å². The van der Waals surface area contributed by atoms with Crippen molar-refractivity contribution in [3.05, 3.63) is 65.5 Å². The third-order valence-electron chi connectivity index (χ3n) is 4.52. The van der Waals surface area contributed by atoms with E-state index in [1.165, 1.54) is 19.1 Å². The lowest BCUT2D eigenvalue weighted by atomic mass is 10.1. The van der Waals surface area contributed by atoms with Crippen LogP contribution < -0.4 is 10.1 Å². The van der Waals surface area contributed by atoms with E-state index >= 15 is 0 Å². The largest absolute Gasteiger partial charge is 0.426 e. The number of para-hydroxylation sites is 1. The SMILES string of the molecule is CC(=O)Oc1ccccc1C(=O)NCC1CC(=O)N(Cc2ccc(F)cc2)C1. The average Bonchev–Trinajstić information content (AvgIpc) is 3.01. The molecule has 1 atom stereocenters. The first-order valence-corrected chi connectivity index (χ1v) is 9.00. The van der Waals surface area contributed by atoms with E-state index in [2.05, 4.69) is 5.32 Å². The molecule has 7 heteroatoms. The van der Waals surface area contributed by atoms with E-state index in [1.54, 1.807) is 41.3 Å². The quantitative estimate of drug-likeness (QED) is 0.613. The molecular formula is C21H21FN2O4. The normalized spacial score (nSPS) is 16.1. The van der Waals surface area contributed by atoms with Gasteiger partial charge in [-0.15, -0.1) is 0 Å². The standard InChI is InChI=1S/C21H21FN2O4/c1-14(25)28-19-5-3-2-4-18(19)21(27)23-11-16-10-20(26)24(13-16)12-15-6-8-17(22)9-7-15/h2-9,16H,10-13H2,1H3,(H,23,27). The molecule has 1 N–H and O–H groups in total. The molecular weight excluding hydrogens is 363 g/mol. The smallest absolute Gasteiger partial charge is 0.308 e. The summed E-state index contributed by atoms with van der Waals surface area (Å²) in [6.45, 7) is 2.54. The zero-order valence-electron chi connectivity index (χ0n) is 15.5. The second-order valence-electron chi connectivity index (χ2n) is 6.77. The van der Waals surface area contributed by atoms with Crippen LogP contribution >= 0.6 is 0 Å². The molecule has 0 saturated carbocycles. The number of amides is 2. The molecule has 146 valence electrons. The van der Waals surface area contributed by atoms with Gasteiger partial charge in [-0.1, -0.05) is 24.3 Å². The Morgan fingerprint density at radius 2 is 1.89 bits per heavy atom. The van der Waals surface area contributed by atoms with Gasteiger partial charge in [0, 0.05) is 38.9 Å². The van der Waals surface area contributed by atoms with E-state index in [-0.39, 0.29) is 34.9 Å². The highest BCUT2D eigenvalue weighted by atomic mass is 19.1. The zero-order valence-corrected chi connectivity index (χ0v) is 15.5. The van der Waals surface area contributed by atoms with E-state index < -0.39 is 5.97 Å². The molecule has 0 aliphatic carbocycles. The van der Waals surface area contributed by atoms with Gasteiger partial charge in [0.05, 0.1) is 5.56 Å². The van der Waals surface area contributed by atoms with E-state index in [9.17, 15) is 18.8 Å². The molecule has 1 aliphatic heterocycles. The summed E-state index contributed by atoms with van der Waals surface area (Å²) in [5, 5.41) is 2.81. The Labute approximate surface area is 162 Å². The van der Waals surface area contributed by atoms with Crippen molar-refractivity contribution in [3.63, 3.8) is 0 Å². The van der Waals surface area contributed by atoms with Gasteiger partial charge < -0.3 is 15.0 Å². The Morgan fingerprint density at radius 3 is 2.61 bits per heavy atom. The van der Waals surface area contributed by atoms with Crippen LogP contribution in [0.3, 0.4) is 0 Å². The number of nitrogens with one attached hydrogen (secondary N) is 1. The number of likely N-dealkylation sites (tertiary alicyclic amines) is 1. The third-order valence-corrected chi connectivity index (χ3v) is 4.52. The van der Waals surface area contributed by atoms with Gasteiger partial charge in [0.2, 0.25) is 5.91 Å². The molecule has 28 heavy (non-hydrogen) atoms. The fraction of sp³-hybridized carbons (Fsp3) is 0.286. The van der Waals surface area contributed by atoms with Crippen LogP contribution in [0.5, 0.6) is 5.75 Å². The summed E-state index contributed by atoms with van der Waals surface area (Å²) >= 11 is 0. The Kier molecular flexibility index (Phi) is 6.03. The van der Waals surface area contributed by atoms with Gasteiger partial charge in [0.1, 0.15) is 11.6 Å². The van der Waals surface area contributed by atoms with Gasteiger partial charge in [-0.05, 0) is 29.8 Å². The Hall–Kier alpha value is -3.22. The first-order valence-electron chi connectivity index (χ1n) is 9.00. The first-order chi connectivity index (χ1) is 13.4. The minimum absolute atomic E-state index is 0.00360. The summed E-state index contributed by atoms with van der Waals surface area (Å²) in [5.41, 5.74) is 1.12. The van der Waals surface area contributed by atoms with Crippen molar-refractivity contribution in [2.75, 3.05) is 13.1 Å². The summed E-state index contributed by atoms with van der Waals surface area (Å²) in [7, 11) is 0. The van der Waals surface area contributed by atoms with Gasteiger partial charge >= 0.3 is 5.97 Å². The molecule has 1 fully saturated rings. The molecule has 6 nitrogen and oxygen atoms in total. The molecule has 0 spiro atoms. The maximum absolute atomic E-state index is 13.0. The van der Waals surface area contributed by atoms with Gasteiger partial charge in [-0.3, -0.25) is 14.4 Å². The lowest BCUT2D eigenvalue weighted by Crippen LogP contribution is -2.31. The third kappa shape index (κ3) is 4.94. The fourth-order valence-corrected chi connectivity index (χ4v) is 3.18. The molecule has 1 saturated heterocycles.